The van der Waals surface area contributed by atoms with E-state index >= 15 is 0 Å². The number of hydrogen-bond donors (Lipinski definition) is 0. The number of para-hydroxylation sites is 1. The Morgan fingerprint density at radius 1 is 1.27 bits per heavy atom. The summed E-state index contributed by atoms with van der Waals surface area (Å²) in [5, 5.41) is 5.38. The lowest BCUT2D eigenvalue weighted by Crippen LogP contribution is -2.01. The van der Waals surface area contributed by atoms with Crippen molar-refractivity contribution in [3.63, 3.8) is 0 Å². The first-order valence-corrected chi connectivity index (χ1v) is 5.47. The highest BCUT2D eigenvalue weighted by molar-refractivity contribution is 6.32. The van der Waals surface area contributed by atoms with Gasteiger partial charge in [-0.3, -0.25) is 0 Å². The molecule has 0 unspecified atom stereocenters. The third kappa shape index (κ3) is 2.01. The summed E-state index contributed by atoms with van der Waals surface area (Å²) in [6, 6.07) is 9.43. The van der Waals surface area contributed by atoms with Crippen LogP contribution in [0.15, 0.2) is 30.3 Å². The van der Waals surface area contributed by atoms with E-state index in [9.17, 15) is 0 Å². The molecule has 2 nitrogen and oxygen atoms in total. The Kier molecular flexibility index (Phi) is 2.98. The highest BCUT2D eigenvalue weighted by Gasteiger charge is 2.08. The average Bonchev–Trinajstić information content (AvgIpc) is 2.60. The van der Waals surface area contributed by atoms with Gasteiger partial charge < -0.3 is 0 Å². The van der Waals surface area contributed by atoms with E-state index < -0.39 is 0 Å². The molecule has 0 aliphatic rings. The van der Waals surface area contributed by atoms with Gasteiger partial charge in [-0.2, -0.15) is 5.10 Å². The molecule has 1 aromatic carbocycles. The number of halogens is 2. The van der Waals surface area contributed by atoms with E-state index in [-0.39, 0.29) is 0 Å². The summed E-state index contributed by atoms with van der Waals surface area (Å²) in [5.41, 5.74) is 1.91. The molecule has 0 bridgehead atoms. The standard InChI is InChI=1S/C11H10Cl2N2/c1-2-8-7-11(13)14-15(8)10-6-4-3-5-9(10)12/h3-7H,2H2,1H3. The molecule has 0 fully saturated rings. The van der Waals surface area contributed by atoms with Crippen molar-refractivity contribution < 1.29 is 0 Å². The van der Waals surface area contributed by atoms with Crippen LogP contribution >= 0.6 is 23.2 Å². The maximum atomic E-state index is 6.09. The Hall–Kier alpha value is -0.990. The van der Waals surface area contributed by atoms with Crippen LogP contribution in [-0.2, 0) is 6.42 Å². The molecular weight excluding hydrogens is 231 g/mol. The van der Waals surface area contributed by atoms with E-state index in [0.717, 1.165) is 17.8 Å². The molecule has 1 heterocycles. The van der Waals surface area contributed by atoms with Crippen LogP contribution in [0.25, 0.3) is 5.69 Å². The number of nitrogens with zero attached hydrogens (tertiary/aromatic N) is 2. The molecule has 0 N–H and O–H groups in total. The number of hydrogen-bond acceptors (Lipinski definition) is 1. The zero-order chi connectivity index (χ0) is 10.8. The first-order chi connectivity index (χ1) is 7.22. The summed E-state index contributed by atoms with van der Waals surface area (Å²) in [7, 11) is 0. The normalized spacial score (nSPS) is 10.6. The van der Waals surface area contributed by atoms with E-state index in [0.29, 0.717) is 10.2 Å². The van der Waals surface area contributed by atoms with E-state index in [4.69, 9.17) is 23.2 Å². The van der Waals surface area contributed by atoms with Crippen LogP contribution in [0.1, 0.15) is 12.6 Å². The lowest BCUT2D eigenvalue weighted by Gasteiger charge is -2.06. The number of aromatic nitrogens is 2. The quantitative estimate of drug-likeness (QED) is 0.783. The highest BCUT2D eigenvalue weighted by atomic mass is 35.5. The molecule has 2 rings (SSSR count). The van der Waals surface area contributed by atoms with Crippen LogP contribution < -0.4 is 0 Å². The van der Waals surface area contributed by atoms with E-state index in [1.165, 1.54) is 0 Å². The summed E-state index contributed by atoms with van der Waals surface area (Å²) in [6.07, 6.45) is 0.866. The van der Waals surface area contributed by atoms with Crippen molar-refractivity contribution in [2.75, 3.05) is 0 Å². The minimum Gasteiger partial charge on any atom is -0.235 e. The van der Waals surface area contributed by atoms with Crippen LogP contribution in [0.2, 0.25) is 10.2 Å². The monoisotopic (exact) mass is 240 g/mol. The van der Waals surface area contributed by atoms with Gasteiger partial charge in [-0.25, -0.2) is 4.68 Å². The van der Waals surface area contributed by atoms with Crippen molar-refractivity contribution in [1.29, 1.82) is 0 Å². The predicted octanol–water partition coefficient (Wildman–Crippen LogP) is 3.74. The maximum absolute atomic E-state index is 6.09. The van der Waals surface area contributed by atoms with Gasteiger partial charge in [0.25, 0.3) is 0 Å². The molecule has 78 valence electrons. The van der Waals surface area contributed by atoms with Crippen LogP contribution in [0.5, 0.6) is 0 Å². The zero-order valence-corrected chi connectivity index (χ0v) is 9.76. The van der Waals surface area contributed by atoms with Gasteiger partial charge in [0.05, 0.1) is 10.7 Å². The van der Waals surface area contributed by atoms with Crippen LogP contribution in [0, 0.1) is 0 Å². The van der Waals surface area contributed by atoms with Crippen molar-refractivity contribution in [2.24, 2.45) is 0 Å². The molecule has 0 radical (unpaired) electrons. The van der Waals surface area contributed by atoms with Gasteiger partial charge in [0.1, 0.15) is 0 Å². The van der Waals surface area contributed by atoms with E-state index in [2.05, 4.69) is 12.0 Å². The Labute approximate surface area is 98.4 Å². The fourth-order valence-corrected chi connectivity index (χ4v) is 1.89. The Morgan fingerprint density at radius 2 is 2.00 bits per heavy atom. The van der Waals surface area contributed by atoms with E-state index in [1.807, 2.05) is 30.3 Å². The summed E-state index contributed by atoms with van der Waals surface area (Å²) in [6.45, 7) is 2.06. The summed E-state index contributed by atoms with van der Waals surface area (Å²) >= 11 is 12.0. The predicted molar refractivity (Wildman–Crippen MR) is 63.0 cm³/mol. The molecule has 0 spiro atoms. The third-order valence-corrected chi connectivity index (χ3v) is 2.70. The molecule has 0 amide bonds. The Morgan fingerprint density at radius 3 is 2.67 bits per heavy atom. The number of benzene rings is 1. The molecular formula is C11H10Cl2N2. The second-order valence-corrected chi connectivity index (χ2v) is 3.97. The van der Waals surface area contributed by atoms with Gasteiger partial charge in [0.2, 0.25) is 0 Å². The minimum absolute atomic E-state index is 0.492. The van der Waals surface area contributed by atoms with Crippen molar-refractivity contribution in [1.82, 2.24) is 9.78 Å². The molecule has 0 atom stereocenters. The molecule has 1 aromatic heterocycles. The van der Waals surface area contributed by atoms with Crippen molar-refractivity contribution in [2.45, 2.75) is 13.3 Å². The molecule has 15 heavy (non-hydrogen) atoms. The maximum Gasteiger partial charge on any atom is 0.151 e. The van der Waals surface area contributed by atoms with Gasteiger partial charge in [-0.05, 0) is 24.6 Å². The topological polar surface area (TPSA) is 17.8 Å². The second kappa shape index (κ2) is 4.25. The highest BCUT2D eigenvalue weighted by Crippen LogP contribution is 2.22. The SMILES string of the molecule is CCc1cc(Cl)nn1-c1ccccc1Cl. The second-order valence-electron chi connectivity index (χ2n) is 3.18. The first kappa shape index (κ1) is 10.5. The van der Waals surface area contributed by atoms with Gasteiger partial charge >= 0.3 is 0 Å². The number of rotatable bonds is 2. The Bertz CT molecular complexity index is 477. The van der Waals surface area contributed by atoms with Gasteiger partial charge in [0.15, 0.2) is 5.15 Å². The van der Waals surface area contributed by atoms with Crippen LogP contribution in [0.4, 0.5) is 0 Å². The summed E-state index contributed by atoms with van der Waals surface area (Å²) < 4.78 is 1.78. The van der Waals surface area contributed by atoms with Crippen LogP contribution in [0.3, 0.4) is 0 Å². The lowest BCUT2D eigenvalue weighted by molar-refractivity contribution is 0.814. The smallest absolute Gasteiger partial charge is 0.151 e. The molecule has 0 saturated heterocycles. The third-order valence-electron chi connectivity index (χ3n) is 2.20. The minimum atomic E-state index is 0.492. The molecule has 0 saturated carbocycles. The largest absolute Gasteiger partial charge is 0.235 e. The molecule has 0 aliphatic heterocycles. The molecule has 4 heteroatoms. The first-order valence-electron chi connectivity index (χ1n) is 4.71. The molecule has 0 aliphatic carbocycles. The van der Waals surface area contributed by atoms with Crippen molar-refractivity contribution in [3.8, 4) is 5.69 Å². The van der Waals surface area contributed by atoms with Crippen molar-refractivity contribution in [3.05, 3.63) is 46.2 Å². The summed E-state index contributed by atoms with van der Waals surface area (Å²) in [5.74, 6) is 0. The number of aryl methyl sites for hydroxylation is 1. The Balaban J connectivity index is 2.58. The summed E-state index contributed by atoms with van der Waals surface area (Å²) in [4.78, 5) is 0. The fraction of sp³-hybridized carbons (Fsp3) is 0.182. The van der Waals surface area contributed by atoms with Gasteiger partial charge in [-0.15, -0.1) is 0 Å². The fourth-order valence-electron chi connectivity index (χ4n) is 1.47. The average molecular weight is 241 g/mol. The van der Waals surface area contributed by atoms with Crippen LogP contribution in [-0.4, -0.2) is 9.78 Å². The van der Waals surface area contributed by atoms with E-state index in [1.54, 1.807) is 4.68 Å². The van der Waals surface area contributed by atoms with Gasteiger partial charge in [0, 0.05) is 5.69 Å². The molecule has 2 aromatic rings. The lowest BCUT2D eigenvalue weighted by atomic mass is 10.3. The van der Waals surface area contributed by atoms with Gasteiger partial charge in [-0.1, -0.05) is 42.3 Å². The van der Waals surface area contributed by atoms with Crippen molar-refractivity contribution >= 4 is 23.2 Å². The zero-order valence-electron chi connectivity index (χ0n) is 8.24.